The van der Waals surface area contributed by atoms with Gasteiger partial charge in [-0.25, -0.2) is 0 Å². The molecular weight excluding hydrogens is 234 g/mol. The number of carbonyl (C=O) groups excluding carboxylic acids is 1. The summed E-state index contributed by atoms with van der Waals surface area (Å²) in [5, 5.41) is 18.8. The highest BCUT2D eigenvalue weighted by Crippen LogP contribution is 2.06. The fourth-order valence-electron chi connectivity index (χ4n) is 1.54. The third kappa shape index (κ3) is 4.05. The minimum Gasteiger partial charge on any atom is -0.390 e. The Kier molecular flexibility index (Phi) is 5.67. The first kappa shape index (κ1) is 14.5. The van der Waals surface area contributed by atoms with Crippen molar-refractivity contribution in [3.63, 3.8) is 0 Å². The van der Waals surface area contributed by atoms with Gasteiger partial charge in [0.15, 0.2) is 6.10 Å². The van der Waals surface area contributed by atoms with E-state index in [-0.39, 0.29) is 6.54 Å². The topological polar surface area (TPSA) is 86.6 Å². The molecule has 0 fully saturated rings. The zero-order valence-electron chi connectivity index (χ0n) is 10.7. The second-order valence-electron chi connectivity index (χ2n) is 4.14. The summed E-state index contributed by atoms with van der Waals surface area (Å²) in [6.07, 6.45) is 2.96. The predicted octanol–water partition coefficient (Wildman–Crippen LogP) is -0.0431. The Hall–Kier alpha value is -1.53. The van der Waals surface area contributed by atoms with Crippen LogP contribution in [0.5, 0.6) is 0 Å². The molecule has 1 aromatic heterocycles. The van der Waals surface area contributed by atoms with Gasteiger partial charge in [-0.2, -0.15) is 0 Å². The van der Waals surface area contributed by atoms with Crippen LogP contribution in [0.15, 0.2) is 18.6 Å². The van der Waals surface area contributed by atoms with E-state index in [1.165, 1.54) is 11.8 Å². The number of amides is 1. The van der Waals surface area contributed by atoms with Crippen molar-refractivity contribution in [3.8, 4) is 0 Å². The molecule has 1 heterocycles. The van der Waals surface area contributed by atoms with Crippen LogP contribution in [-0.4, -0.2) is 49.7 Å². The fourth-order valence-corrected chi connectivity index (χ4v) is 1.54. The van der Waals surface area contributed by atoms with E-state index in [0.717, 1.165) is 6.42 Å². The molecule has 0 aliphatic heterocycles. The molecule has 100 valence electrons. The van der Waals surface area contributed by atoms with E-state index in [9.17, 15) is 15.0 Å². The Labute approximate surface area is 106 Å². The van der Waals surface area contributed by atoms with Crippen LogP contribution in [0, 0.1) is 0 Å². The SMILES string of the molecule is CCCN(Cc1cnccn1)C(=O)[C@H](O)C(C)O. The summed E-state index contributed by atoms with van der Waals surface area (Å²) in [6, 6.07) is 0. The van der Waals surface area contributed by atoms with Crippen LogP contribution in [0.4, 0.5) is 0 Å². The number of hydrogen-bond donors (Lipinski definition) is 2. The van der Waals surface area contributed by atoms with Crippen molar-refractivity contribution in [2.75, 3.05) is 6.54 Å². The molecule has 18 heavy (non-hydrogen) atoms. The van der Waals surface area contributed by atoms with Gasteiger partial charge in [0.1, 0.15) is 0 Å². The molecule has 0 radical (unpaired) electrons. The fraction of sp³-hybridized carbons (Fsp3) is 0.583. The number of rotatable bonds is 6. The van der Waals surface area contributed by atoms with Crippen molar-refractivity contribution >= 4 is 5.91 Å². The van der Waals surface area contributed by atoms with Crippen LogP contribution in [0.2, 0.25) is 0 Å². The van der Waals surface area contributed by atoms with Crippen LogP contribution in [-0.2, 0) is 11.3 Å². The lowest BCUT2D eigenvalue weighted by atomic mass is 10.2. The van der Waals surface area contributed by atoms with Gasteiger partial charge in [-0.15, -0.1) is 0 Å². The first-order valence-electron chi connectivity index (χ1n) is 5.96. The van der Waals surface area contributed by atoms with E-state index in [0.29, 0.717) is 12.2 Å². The second-order valence-corrected chi connectivity index (χ2v) is 4.14. The van der Waals surface area contributed by atoms with Crippen molar-refractivity contribution in [2.24, 2.45) is 0 Å². The van der Waals surface area contributed by atoms with E-state index >= 15 is 0 Å². The lowest BCUT2D eigenvalue weighted by Crippen LogP contribution is -2.44. The summed E-state index contributed by atoms with van der Waals surface area (Å²) < 4.78 is 0. The maximum Gasteiger partial charge on any atom is 0.254 e. The molecule has 0 saturated heterocycles. The molecule has 2 atom stereocenters. The summed E-state index contributed by atoms with van der Waals surface area (Å²) in [7, 11) is 0. The van der Waals surface area contributed by atoms with E-state index in [2.05, 4.69) is 9.97 Å². The predicted molar refractivity (Wildman–Crippen MR) is 65.4 cm³/mol. The van der Waals surface area contributed by atoms with E-state index in [4.69, 9.17) is 0 Å². The van der Waals surface area contributed by atoms with Gasteiger partial charge in [-0.3, -0.25) is 14.8 Å². The van der Waals surface area contributed by atoms with Gasteiger partial charge in [0.2, 0.25) is 0 Å². The van der Waals surface area contributed by atoms with Crippen molar-refractivity contribution in [1.29, 1.82) is 0 Å². The molecule has 6 nitrogen and oxygen atoms in total. The zero-order chi connectivity index (χ0) is 13.5. The monoisotopic (exact) mass is 253 g/mol. The molecule has 0 aliphatic rings. The highest BCUT2D eigenvalue weighted by atomic mass is 16.3. The highest BCUT2D eigenvalue weighted by molar-refractivity contribution is 5.81. The van der Waals surface area contributed by atoms with Gasteiger partial charge in [0.25, 0.3) is 5.91 Å². The van der Waals surface area contributed by atoms with Crippen molar-refractivity contribution in [2.45, 2.75) is 39.0 Å². The normalized spacial score (nSPS) is 14.0. The van der Waals surface area contributed by atoms with Crippen LogP contribution < -0.4 is 0 Å². The van der Waals surface area contributed by atoms with Gasteiger partial charge >= 0.3 is 0 Å². The van der Waals surface area contributed by atoms with Crippen LogP contribution >= 0.6 is 0 Å². The molecule has 2 N–H and O–H groups in total. The third-order valence-corrected chi connectivity index (χ3v) is 2.48. The number of carbonyl (C=O) groups is 1. The molecule has 0 saturated carbocycles. The average Bonchev–Trinajstić information content (AvgIpc) is 2.37. The maximum atomic E-state index is 11.9. The maximum absolute atomic E-state index is 11.9. The molecule has 0 aromatic carbocycles. The number of aliphatic hydroxyl groups is 2. The molecular formula is C12H19N3O3. The lowest BCUT2D eigenvalue weighted by Gasteiger charge is -2.25. The quantitative estimate of drug-likeness (QED) is 0.742. The first-order chi connectivity index (χ1) is 8.56. The number of hydrogen-bond acceptors (Lipinski definition) is 5. The largest absolute Gasteiger partial charge is 0.390 e. The average molecular weight is 253 g/mol. The van der Waals surface area contributed by atoms with Crippen molar-refractivity contribution < 1.29 is 15.0 Å². The van der Waals surface area contributed by atoms with Crippen LogP contribution in [0.25, 0.3) is 0 Å². The molecule has 0 aliphatic carbocycles. The molecule has 0 spiro atoms. The molecule has 1 amide bonds. The van der Waals surface area contributed by atoms with E-state index in [1.807, 2.05) is 6.92 Å². The summed E-state index contributed by atoms with van der Waals surface area (Å²) in [4.78, 5) is 21.4. The van der Waals surface area contributed by atoms with Gasteiger partial charge < -0.3 is 15.1 Å². The van der Waals surface area contributed by atoms with Crippen LogP contribution in [0.1, 0.15) is 26.0 Å². The first-order valence-corrected chi connectivity index (χ1v) is 5.96. The Balaban J connectivity index is 2.73. The molecule has 1 aromatic rings. The second kappa shape index (κ2) is 7.03. The molecule has 1 rings (SSSR count). The van der Waals surface area contributed by atoms with E-state index in [1.54, 1.807) is 18.6 Å². The van der Waals surface area contributed by atoms with Gasteiger partial charge in [-0.05, 0) is 13.3 Å². The Bertz CT molecular complexity index is 370. The minimum atomic E-state index is -1.40. The minimum absolute atomic E-state index is 0.282. The standard InChI is InChI=1S/C12H19N3O3/c1-3-6-15(12(18)11(17)9(2)16)8-10-7-13-4-5-14-10/h4-5,7,9,11,16-17H,3,6,8H2,1-2H3/t9?,11-/m1/s1. The summed E-state index contributed by atoms with van der Waals surface area (Å²) >= 11 is 0. The molecule has 6 heteroatoms. The van der Waals surface area contributed by atoms with Crippen molar-refractivity contribution in [1.82, 2.24) is 14.9 Å². The summed E-state index contributed by atoms with van der Waals surface area (Å²) in [5.74, 6) is -0.488. The van der Waals surface area contributed by atoms with Crippen molar-refractivity contribution in [3.05, 3.63) is 24.3 Å². The Morgan fingerprint density at radius 3 is 2.67 bits per heavy atom. The number of nitrogens with zero attached hydrogens (tertiary/aromatic N) is 3. The third-order valence-electron chi connectivity index (χ3n) is 2.48. The lowest BCUT2D eigenvalue weighted by molar-refractivity contribution is -0.146. The smallest absolute Gasteiger partial charge is 0.254 e. The Morgan fingerprint density at radius 1 is 1.44 bits per heavy atom. The summed E-state index contributed by atoms with van der Waals surface area (Å²) in [5.41, 5.74) is 0.650. The highest BCUT2D eigenvalue weighted by Gasteiger charge is 2.25. The molecule has 1 unspecified atom stereocenters. The Morgan fingerprint density at radius 2 is 2.17 bits per heavy atom. The summed E-state index contributed by atoms with van der Waals surface area (Å²) in [6.45, 7) is 4.10. The van der Waals surface area contributed by atoms with Gasteiger partial charge in [-0.1, -0.05) is 6.92 Å². The zero-order valence-corrected chi connectivity index (χ0v) is 10.7. The van der Waals surface area contributed by atoms with Crippen LogP contribution in [0.3, 0.4) is 0 Å². The number of aliphatic hydroxyl groups excluding tert-OH is 2. The van der Waals surface area contributed by atoms with E-state index < -0.39 is 18.1 Å². The molecule has 0 bridgehead atoms. The van der Waals surface area contributed by atoms with Gasteiger partial charge in [0.05, 0.1) is 24.5 Å². The number of aromatic nitrogens is 2. The van der Waals surface area contributed by atoms with Gasteiger partial charge in [0, 0.05) is 18.9 Å².